The molecule has 160 valence electrons. The zero-order valence-electron chi connectivity index (χ0n) is 17.5. The Morgan fingerprint density at radius 1 is 0.906 bits per heavy atom. The Kier molecular flexibility index (Phi) is 4.75. The van der Waals surface area contributed by atoms with Crippen molar-refractivity contribution in [1.82, 2.24) is 24.1 Å². The van der Waals surface area contributed by atoms with E-state index in [-0.39, 0.29) is 0 Å². The van der Waals surface area contributed by atoms with Gasteiger partial charge < -0.3 is 0 Å². The summed E-state index contributed by atoms with van der Waals surface area (Å²) in [5, 5.41) is 4.23. The molecule has 0 radical (unpaired) electrons. The van der Waals surface area contributed by atoms with Crippen molar-refractivity contribution in [2.45, 2.75) is 0 Å². The third kappa shape index (κ3) is 3.97. The lowest BCUT2D eigenvalue weighted by atomic mass is 10.0. The van der Waals surface area contributed by atoms with Gasteiger partial charge >= 0.3 is 0 Å². The maximum absolute atomic E-state index is 11.9. The molecule has 8 nitrogen and oxygen atoms in total. The first-order valence-electron chi connectivity index (χ1n) is 9.86. The number of nitrogens with one attached hydrogen (secondary N) is 1. The van der Waals surface area contributed by atoms with Crippen LogP contribution < -0.4 is 4.72 Å². The van der Waals surface area contributed by atoms with Crippen LogP contribution in [0.4, 0.5) is 5.69 Å². The maximum Gasteiger partial charge on any atom is 0.229 e. The summed E-state index contributed by atoms with van der Waals surface area (Å²) in [7, 11) is -1.56. The van der Waals surface area contributed by atoms with Crippen molar-refractivity contribution in [3.63, 3.8) is 0 Å². The summed E-state index contributed by atoms with van der Waals surface area (Å²) in [6.07, 6.45) is 10.3. The van der Waals surface area contributed by atoms with E-state index in [1.807, 2.05) is 66.4 Å². The highest BCUT2D eigenvalue weighted by Gasteiger charge is 2.13. The first-order valence-corrected chi connectivity index (χ1v) is 11.8. The highest BCUT2D eigenvalue weighted by atomic mass is 32.2. The summed E-state index contributed by atoms with van der Waals surface area (Å²) in [6, 6.07) is 15.2. The predicted molar refractivity (Wildman–Crippen MR) is 125 cm³/mol. The van der Waals surface area contributed by atoms with Crippen LogP contribution in [0.25, 0.3) is 39.3 Å². The van der Waals surface area contributed by atoms with Crippen LogP contribution in [-0.4, -0.2) is 38.8 Å². The van der Waals surface area contributed by atoms with Gasteiger partial charge in [-0.2, -0.15) is 5.10 Å². The van der Waals surface area contributed by atoms with E-state index in [2.05, 4.69) is 19.8 Å². The molecule has 0 aliphatic heterocycles. The largest absolute Gasteiger partial charge is 0.300 e. The maximum atomic E-state index is 11.9. The molecule has 0 bridgehead atoms. The molecule has 0 aliphatic rings. The quantitative estimate of drug-likeness (QED) is 0.445. The Bertz CT molecular complexity index is 1540. The van der Waals surface area contributed by atoms with Gasteiger partial charge in [-0.3, -0.25) is 18.8 Å². The van der Waals surface area contributed by atoms with Crippen molar-refractivity contribution in [2.24, 2.45) is 7.05 Å². The molecule has 32 heavy (non-hydrogen) atoms. The van der Waals surface area contributed by atoms with Crippen LogP contribution in [0.1, 0.15) is 0 Å². The van der Waals surface area contributed by atoms with E-state index in [0.717, 1.165) is 45.5 Å². The number of hydrogen-bond acceptors (Lipinski definition) is 5. The normalized spacial score (nSPS) is 11.7. The Hall–Kier alpha value is -3.98. The van der Waals surface area contributed by atoms with Crippen molar-refractivity contribution in [3.8, 4) is 33.6 Å². The summed E-state index contributed by atoms with van der Waals surface area (Å²) in [5.41, 5.74) is 6.48. The van der Waals surface area contributed by atoms with Crippen LogP contribution in [0, 0.1) is 0 Å². The molecule has 9 heteroatoms. The summed E-state index contributed by atoms with van der Waals surface area (Å²) < 4.78 is 30.1. The molecule has 5 aromatic rings. The van der Waals surface area contributed by atoms with Gasteiger partial charge in [-0.25, -0.2) is 13.4 Å². The van der Waals surface area contributed by atoms with E-state index >= 15 is 0 Å². The highest BCUT2D eigenvalue weighted by Crippen LogP contribution is 2.31. The van der Waals surface area contributed by atoms with E-state index in [1.165, 1.54) is 0 Å². The van der Waals surface area contributed by atoms with Gasteiger partial charge in [0.2, 0.25) is 10.0 Å². The molecule has 0 unspecified atom stereocenters. The van der Waals surface area contributed by atoms with Crippen molar-refractivity contribution in [2.75, 3.05) is 11.0 Å². The smallest absolute Gasteiger partial charge is 0.229 e. The molecule has 0 fully saturated rings. The summed E-state index contributed by atoms with van der Waals surface area (Å²) >= 11 is 0. The van der Waals surface area contributed by atoms with Gasteiger partial charge in [0.05, 0.1) is 30.0 Å². The third-order valence-corrected chi connectivity index (χ3v) is 5.65. The monoisotopic (exact) mass is 444 g/mol. The minimum Gasteiger partial charge on any atom is -0.300 e. The molecule has 0 amide bonds. The standard InChI is InChI=1S/C23H20N6O2S/c1-28-15-19(13-26-28)16-6-8-29-22(14-25-23(29)12-16)18-9-17(21-5-3-4-7-24-21)10-20(11-18)27-32(2,30)31/h3-15,27H,1-2H3. The number of pyridine rings is 2. The lowest BCUT2D eigenvalue weighted by Gasteiger charge is -2.11. The third-order valence-electron chi connectivity index (χ3n) is 5.04. The molecule has 4 aromatic heterocycles. The number of imidazole rings is 1. The molecule has 1 N–H and O–H groups in total. The van der Waals surface area contributed by atoms with Crippen LogP contribution in [0.5, 0.6) is 0 Å². The lowest BCUT2D eigenvalue weighted by molar-refractivity contribution is 0.607. The number of sulfonamides is 1. The van der Waals surface area contributed by atoms with Gasteiger partial charge in [-0.15, -0.1) is 0 Å². The number of aromatic nitrogens is 5. The fourth-order valence-corrected chi connectivity index (χ4v) is 4.22. The Labute approximate surface area is 185 Å². The molecule has 5 rings (SSSR count). The number of rotatable bonds is 5. The summed E-state index contributed by atoms with van der Waals surface area (Å²) in [6.45, 7) is 0. The molecule has 1 aromatic carbocycles. The van der Waals surface area contributed by atoms with E-state index in [1.54, 1.807) is 29.2 Å². The number of fused-ring (bicyclic) bond motifs is 1. The number of anilines is 1. The summed E-state index contributed by atoms with van der Waals surface area (Å²) in [5.74, 6) is 0. The van der Waals surface area contributed by atoms with Crippen molar-refractivity contribution in [1.29, 1.82) is 0 Å². The van der Waals surface area contributed by atoms with Gasteiger partial charge in [0.25, 0.3) is 0 Å². The Morgan fingerprint density at radius 2 is 1.75 bits per heavy atom. The van der Waals surface area contributed by atoms with E-state index in [9.17, 15) is 8.42 Å². The molecular formula is C23H20N6O2S. The van der Waals surface area contributed by atoms with Crippen LogP contribution >= 0.6 is 0 Å². The van der Waals surface area contributed by atoms with E-state index < -0.39 is 10.0 Å². The average Bonchev–Trinajstić information content (AvgIpc) is 3.38. The lowest BCUT2D eigenvalue weighted by Crippen LogP contribution is -2.09. The van der Waals surface area contributed by atoms with Gasteiger partial charge in [0.15, 0.2) is 0 Å². The molecule has 0 saturated carbocycles. The van der Waals surface area contributed by atoms with Crippen LogP contribution in [0.2, 0.25) is 0 Å². The van der Waals surface area contributed by atoms with Crippen LogP contribution in [0.15, 0.2) is 79.5 Å². The molecule has 4 heterocycles. The first-order chi connectivity index (χ1) is 15.4. The van der Waals surface area contributed by atoms with Gasteiger partial charge in [-0.1, -0.05) is 6.07 Å². The molecule has 0 saturated heterocycles. The minimum atomic E-state index is -3.44. The minimum absolute atomic E-state index is 0.465. The average molecular weight is 445 g/mol. The van der Waals surface area contributed by atoms with Crippen molar-refractivity contribution < 1.29 is 8.42 Å². The SMILES string of the molecule is Cn1cc(-c2ccn3c(-c4cc(NS(C)(=O)=O)cc(-c5ccccn5)c4)cnc3c2)cn1. The Morgan fingerprint density at radius 3 is 2.47 bits per heavy atom. The number of benzene rings is 1. The van der Waals surface area contributed by atoms with Crippen LogP contribution in [0.3, 0.4) is 0 Å². The number of hydrogen-bond donors (Lipinski definition) is 1. The fourth-order valence-electron chi connectivity index (χ4n) is 3.67. The van der Waals surface area contributed by atoms with E-state index in [4.69, 9.17) is 0 Å². The zero-order chi connectivity index (χ0) is 22.3. The van der Waals surface area contributed by atoms with E-state index in [0.29, 0.717) is 5.69 Å². The fraction of sp³-hybridized carbons (Fsp3) is 0.0870. The molecule has 0 spiro atoms. The zero-order valence-corrected chi connectivity index (χ0v) is 18.3. The summed E-state index contributed by atoms with van der Waals surface area (Å²) in [4.78, 5) is 8.99. The first kappa shape index (κ1) is 20.0. The second-order valence-electron chi connectivity index (χ2n) is 7.58. The van der Waals surface area contributed by atoms with Gasteiger partial charge in [0, 0.05) is 48.0 Å². The second kappa shape index (κ2) is 7.61. The molecule has 0 atom stereocenters. The van der Waals surface area contributed by atoms with Crippen LogP contribution in [-0.2, 0) is 17.1 Å². The predicted octanol–water partition coefficient (Wildman–Crippen LogP) is 3.84. The number of nitrogens with zero attached hydrogens (tertiary/aromatic N) is 5. The second-order valence-corrected chi connectivity index (χ2v) is 9.33. The van der Waals surface area contributed by atoms with Gasteiger partial charge in [-0.05, 0) is 48.0 Å². The van der Waals surface area contributed by atoms with Crippen molar-refractivity contribution in [3.05, 3.63) is 79.5 Å². The van der Waals surface area contributed by atoms with Gasteiger partial charge in [0.1, 0.15) is 5.65 Å². The number of aryl methyl sites for hydroxylation is 1. The highest BCUT2D eigenvalue weighted by molar-refractivity contribution is 7.92. The molecule has 0 aliphatic carbocycles. The molecular weight excluding hydrogens is 424 g/mol. The topological polar surface area (TPSA) is 94.2 Å². The van der Waals surface area contributed by atoms with Crippen molar-refractivity contribution >= 4 is 21.4 Å². The Balaban J connectivity index is 1.64.